The Morgan fingerprint density at radius 2 is 1.92 bits per heavy atom. The van der Waals surface area contributed by atoms with E-state index in [-0.39, 0.29) is 22.9 Å². The van der Waals surface area contributed by atoms with E-state index >= 15 is 0 Å². The van der Waals surface area contributed by atoms with Gasteiger partial charge in [-0.3, -0.25) is 9.59 Å². The number of esters is 1. The van der Waals surface area contributed by atoms with Crippen LogP contribution in [0.1, 0.15) is 65.7 Å². The lowest BCUT2D eigenvalue weighted by atomic mass is 9.48. The van der Waals surface area contributed by atoms with Crippen molar-refractivity contribution in [2.24, 2.45) is 28.6 Å². The topological polar surface area (TPSA) is 43.4 Å². The highest BCUT2D eigenvalue weighted by atomic mass is 35.5. The molecule has 26 heavy (non-hydrogen) atoms. The van der Waals surface area contributed by atoms with Gasteiger partial charge in [0.2, 0.25) is 0 Å². The Kier molecular flexibility index (Phi) is 4.38. The van der Waals surface area contributed by atoms with Gasteiger partial charge < -0.3 is 4.74 Å². The van der Waals surface area contributed by atoms with Gasteiger partial charge in [0.15, 0.2) is 0 Å². The molecule has 6 atom stereocenters. The van der Waals surface area contributed by atoms with Crippen LogP contribution >= 0.6 is 11.6 Å². The van der Waals surface area contributed by atoms with E-state index in [1.54, 1.807) is 0 Å². The highest BCUT2D eigenvalue weighted by molar-refractivity contribution is 6.32. The summed E-state index contributed by atoms with van der Waals surface area (Å²) in [6, 6.07) is 0. The standard InChI is InChI=1S/C22H29ClO3/c1-13(25)26-16-6-8-21(2)15(11-16)4-5-17-18(21)7-9-22(3)19(17)10-14(12-24)20(22)23/h4,12,16-19H,5-11H2,1-3H3/t16-,17-,18+,19+,21+,22+/m1/s1. The van der Waals surface area contributed by atoms with Gasteiger partial charge in [0.25, 0.3) is 0 Å². The zero-order chi connectivity index (χ0) is 18.7. The Morgan fingerprint density at radius 1 is 1.19 bits per heavy atom. The average molecular weight is 377 g/mol. The van der Waals surface area contributed by atoms with Gasteiger partial charge in [0.05, 0.1) is 0 Å². The maximum absolute atomic E-state index is 11.5. The second-order valence-corrected chi connectivity index (χ2v) is 9.73. The smallest absolute Gasteiger partial charge is 0.302 e. The molecule has 3 nitrogen and oxygen atoms in total. The lowest BCUT2D eigenvalue weighted by molar-refractivity contribution is -0.148. The number of carbonyl (C=O) groups is 2. The molecule has 0 heterocycles. The summed E-state index contributed by atoms with van der Waals surface area (Å²) in [5.41, 5.74) is 2.51. The Labute approximate surface area is 161 Å². The fraction of sp³-hybridized carbons (Fsp3) is 0.727. The van der Waals surface area contributed by atoms with Crippen molar-refractivity contribution in [1.29, 1.82) is 0 Å². The average Bonchev–Trinajstić information content (AvgIpc) is 2.86. The van der Waals surface area contributed by atoms with Crippen molar-refractivity contribution in [3.05, 3.63) is 22.3 Å². The Bertz CT molecular complexity index is 708. The molecular formula is C22H29ClO3. The first-order chi connectivity index (χ1) is 12.3. The number of allylic oxidation sites excluding steroid dienone is 3. The van der Waals surface area contributed by atoms with Crippen LogP contribution < -0.4 is 0 Å². The minimum atomic E-state index is -0.172. The van der Waals surface area contributed by atoms with Crippen molar-refractivity contribution in [2.45, 2.75) is 71.8 Å². The fourth-order valence-electron chi connectivity index (χ4n) is 6.73. The van der Waals surface area contributed by atoms with Gasteiger partial charge in [-0.1, -0.05) is 37.1 Å². The van der Waals surface area contributed by atoms with E-state index in [1.807, 2.05) is 0 Å². The Hall–Kier alpha value is -1.09. The van der Waals surface area contributed by atoms with Crippen LogP contribution in [-0.4, -0.2) is 18.4 Å². The summed E-state index contributed by atoms with van der Waals surface area (Å²) in [5.74, 6) is 1.55. The van der Waals surface area contributed by atoms with E-state index in [0.29, 0.717) is 17.8 Å². The number of aldehydes is 1. The second-order valence-electron chi connectivity index (χ2n) is 9.35. The summed E-state index contributed by atoms with van der Waals surface area (Å²) in [6.07, 6.45) is 10.5. The molecule has 2 fully saturated rings. The molecule has 0 aliphatic heterocycles. The number of halogens is 1. The Morgan fingerprint density at radius 3 is 2.62 bits per heavy atom. The van der Waals surface area contributed by atoms with Gasteiger partial charge >= 0.3 is 5.97 Å². The summed E-state index contributed by atoms with van der Waals surface area (Å²) in [7, 11) is 0. The number of rotatable bonds is 2. The van der Waals surface area contributed by atoms with Gasteiger partial charge in [0.1, 0.15) is 12.4 Å². The van der Waals surface area contributed by atoms with Crippen LogP contribution in [0.5, 0.6) is 0 Å². The first-order valence-electron chi connectivity index (χ1n) is 10.0. The highest BCUT2D eigenvalue weighted by Gasteiger charge is 2.58. The summed E-state index contributed by atoms with van der Waals surface area (Å²) >= 11 is 6.65. The van der Waals surface area contributed by atoms with Crippen LogP contribution in [0, 0.1) is 28.6 Å². The van der Waals surface area contributed by atoms with E-state index in [2.05, 4.69) is 19.9 Å². The summed E-state index contributed by atoms with van der Waals surface area (Å²) in [4.78, 5) is 22.8. The van der Waals surface area contributed by atoms with Crippen LogP contribution in [0.4, 0.5) is 0 Å². The quantitative estimate of drug-likeness (QED) is 0.378. The third kappa shape index (κ3) is 2.53. The summed E-state index contributed by atoms with van der Waals surface area (Å²) in [6.45, 7) is 6.20. The number of ether oxygens (including phenoxy) is 1. The lowest BCUT2D eigenvalue weighted by Crippen LogP contribution is -2.50. The largest absolute Gasteiger partial charge is 0.462 e. The van der Waals surface area contributed by atoms with Crippen molar-refractivity contribution in [3.8, 4) is 0 Å². The minimum absolute atomic E-state index is 0.0182. The third-order valence-corrected chi connectivity index (χ3v) is 8.82. The van der Waals surface area contributed by atoms with Gasteiger partial charge in [-0.25, -0.2) is 0 Å². The van der Waals surface area contributed by atoms with Gasteiger partial charge in [-0.2, -0.15) is 0 Å². The van der Waals surface area contributed by atoms with Gasteiger partial charge in [-0.05, 0) is 61.7 Å². The molecule has 0 amide bonds. The molecule has 2 saturated carbocycles. The van der Waals surface area contributed by atoms with Crippen LogP contribution in [-0.2, 0) is 14.3 Å². The maximum Gasteiger partial charge on any atom is 0.302 e. The normalized spacial score (nSPS) is 44.5. The SMILES string of the molecule is CC(=O)O[C@@H]1CC[C@@]2(C)C(=CC[C@@H]3[C@@H]2CC[C@]2(C)C(Cl)=C(C=O)C[C@@H]32)C1. The van der Waals surface area contributed by atoms with E-state index in [0.717, 1.165) is 55.4 Å². The number of hydrogen-bond acceptors (Lipinski definition) is 3. The lowest BCUT2D eigenvalue weighted by Gasteiger charge is -2.57. The molecular weight excluding hydrogens is 348 g/mol. The van der Waals surface area contributed by atoms with Crippen molar-refractivity contribution in [2.75, 3.05) is 0 Å². The molecule has 0 aromatic heterocycles. The molecule has 4 rings (SSSR count). The Balaban J connectivity index is 1.61. The minimum Gasteiger partial charge on any atom is -0.462 e. The first kappa shape index (κ1) is 18.3. The molecule has 0 N–H and O–H groups in total. The van der Waals surface area contributed by atoms with Crippen molar-refractivity contribution >= 4 is 23.9 Å². The van der Waals surface area contributed by atoms with Crippen molar-refractivity contribution < 1.29 is 14.3 Å². The molecule has 0 radical (unpaired) electrons. The van der Waals surface area contributed by atoms with Crippen LogP contribution in [0.25, 0.3) is 0 Å². The second kappa shape index (κ2) is 6.22. The van der Waals surface area contributed by atoms with Crippen LogP contribution in [0.3, 0.4) is 0 Å². The molecule has 0 spiro atoms. The third-order valence-electron chi connectivity index (χ3n) is 8.15. The number of carbonyl (C=O) groups excluding carboxylic acids is 2. The molecule has 0 saturated heterocycles. The zero-order valence-electron chi connectivity index (χ0n) is 16.0. The molecule has 4 heteroatoms. The van der Waals surface area contributed by atoms with Gasteiger partial charge in [-0.15, -0.1) is 0 Å². The predicted molar refractivity (Wildman–Crippen MR) is 102 cm³/mol. The maximum atomic E-state index is 11.5. The monoisotopic (exact) mass is 376 g/mol. The first-order valence-corrected chi connectivity index (χ1v) is 10.4. The van der Waals surface area contributed by atoms with Crippen LogP contribution in [0.15, 0.2) is 22.3 Å². The summed E-state index contributed by atoms with van der Waals surface area (Å²) < 4.78 is 5.51. The van der Waals surface area contributed by atoms with Crippen LogP contribution in [0.2, 0.25) is 0 Å². The number of hydrogen-bond donors (Lipinski definition) is 0. The predicted octanol–water partition coefficient (Wildman–Crippen LogP) is 5.18. The van der Waals surface area contributed by atoms with E-state index < -0.39 is 0 Å². The molecule has 0 aromatic rings. The molecule has 142 valence electrons. The summed E-state index contributed by atoms with van der Waals surface area (Å²) in [5, 5.41) is 0.828. The molecule has 4 aliphatic rings. The van der Waals surface area contributed by atoms with E-state index in [4.69, 9.17) is 16.3 Å². The molecule has 0 bridgehead atoms. The van der Waals surface area contributed by atoms with E-state index in [1.165, 1.54) is 18.9 Å². The number of fused-ring (bicyclic) bond motifs is 5. The van der Waals surface area contributed by atoms with Gasteiger partial charge in [0, 0.05) is 29.4 Å². The highest BCUT2D eigenvalue weighted by Crippen LogP contribution is 2.66. The fourth-order valence-corrected chi connectivity index (χ4v) is 7.08. The van der Waals surface area contributed by atoms with E-state index in [9.17, 15) is 9.59 Å². The molecule has 0 unspecified atom stereocenters. The van der Waals surface area contributed by atoms with Crippen molar-refractivity contribution in [3.63, 3.8) is 0 Å². The molecule has 4 aliphatic carbocycles. The zero-order valence-corrected chi connectivity index (χ0v) is 16.8. The molecule has 0 aromatic carbocycles. The van der Waals surface area contributed by atoms with Crippen molar-refractivity contribution in [1.82, 2.24) is 0 Å².